The number of carbonyl (C=O) groups excluding carboxylic acids is 1. The maximum Gasteiger partial charge on any atom is 0.410 e. The summed E-state index contributed by atoms with van der Waals surface area (Å²) in [5, 5.41) is 5.68. The molecule has 6 nitrogen and oxygen atoms in total. The standard InChI is InChI=1S/C22H34N4O2/c1-16-7-9-19(25(15-16)21(27)28-22(2,3)4)17-8-10-20-18(13-17)14-23-26(20)12-11-24(5)6/h8,10,13-14,16,19H,7,9,11-12,15H2,1-6H3/t16?,19-/m1/s1. The highest BCUT2D eigenvalue weighted by Crippen LogP contribution is 2.35. The van der Waals surface area contributed by atoms with E-state index in [9.17, 15) is 4.79 Å². The number of likely N-dealkylation sites (N-methyl/N-ethyl adjacent to an activating group) is 1. The lowest BCUT2D eigenvalue weighted by Crippen LogP contribution is -2.44. The molecule has 2 atom stereocenters. The highest BCUT2D eigenvalue weighted by molar-refractivity contribution is 5.80. The van der Waals surface area contributed by atoms with Crippen molar-refractivity contribution >= 4 is 17.0 Å². The minimum absolute atomic E-state index is 0.0561. The lowest BCUT2D eigenvalue weighted by molar-refractivity contribution is 0.00365. The number of likely N-dealkylation sites (tertiary alicyclic amines) is 1. The molecule has 1 aliphatic rings. The molecule has 0 radical (unpaired) electrons. The van der Waals surface area contributed by atoms with E-state index in [1.165, 1.54) is 0 Å². The highest BCUT2D eigenvalue weighted by atomic mass is 16.6. The normalized spacial score (nSPS) is 20.8. The number of fused-ring (bicyclic) bond motifs is 1. The first kappa shape index (κ1) is 20.6. The van der Waals surface area contributed by atoms with Crippen LogP contribution in [0.1, 0.15) is 52.1 Å². The Kier molecular flexibility index (Phi) is 5.98. The third-order valence-corrected chi connectivity index (χ3v) is 5.26. The van der Waals surface area contributed by atoms with Crippen LogP contribution < -0.4 is 0 Å². The van der Waals surface area contributed by atoms with Gasteiger partial charge in [0.2, 0.25) is 0 Å². The zero-order chi connectivity index (χ0) is 20.5. The van der Waals surface area contributed by atoms with Crippen molar-refractivity contribution in [2.45, 2.75) is 58.7 Å². The summed E-state index contributed by atoms with van der Waals surface area (Å²) >= 11 is 0. The quantitative estimate of drug-likeness (QED) is 0.786. The van der Waals surface area contributed by atoms with Crippen molar-refractivity contribution in [2.75, 3.05) is 27.2 Å². The molecule has 2 aromatic rings. The zero-order valence-electron chi connectivity index (χ0n) is 18.1. The number of hydrogen-bond donors (Lipinski definition) is 0. The van der Waals surface area contributed by atoms with Crippen LogP contribution >= 0.6 is 0 Å². The van der Waals surface area contributed by atoms with E-state index >= 15 is 0 Å². The van der Waals surface area contributed by atoms with Gasteiger partial charge in [0.15, 0.2) is 0 Å². The molecule has 1 amide bonds. The van der Waals surface area contributed by atoms with E-state index in [4.69, 9.17) is 4.74 Å². The summed E-state index contributed by atoms with van der Waals surface area (Å²) in [6, 6.07) is 6.53. The van der Waals surface area contributed by atoms with Crippen LogP contribution in [0.5, 0.6) is 0 Å². The van der Waals surface area contributed by atoms with Gasteiger partial charge in [-0.2, -0.15) is 5.10 Å². The van der Waals surface area contributed by atoms with E-state index < -0.39 is 5.60 Å². The Morgan fingerprint density at radius 1 is 1.29 bits per heavy atom. The molecule has 1 aromatic heterocycles. The van der Waals surface area contributed by atoms with E-state index in [0.717, 1.165) is 48.9 Å². The molecule has 6 heteroatoms. The van der Waals surface area contributed by atoms with Crippen LogP contribution in [-0.4, -0.2) is 58.5 Å². The molecule has 154 valence electrons. The van der Waals surface area contributed by atoms with Crippen LogP contribution in [0.25, 0.3) is 10.9 Å². The predicted octanol–water partition coefficient (Wildman–Crippen LogP) is 4.31. The Bertz CT molecular complexity index is 822. The van der Waals surface area contributed by atoms with E-state index in [-0.39, 0.29) is 12.1 Å². The molecule has 0 spiro atoms. The van der Waals surface area contributed by atoms with Crippen molar-refractivity contribution in [3.8, 4) is 0 Å². The lowest BCUT2D eigenvalue weighted by Gasteiger charge is -2.39. The SMILES string of the molecule is CC1CC[C@H](c2ccc3c(cnn3CCN(C)C)c2)N(C(=O)OC(C)(C)C)C1. The summed E-state index contributed by atoms with van der Waals surface area (Å²) in [6.45, 7) is 10.5. The second kappa shape index (κ2) is 8.11. The molecule has 2 heterocycles. The molecule has 0 saturated carbocycles. The molecular weight excluding hydrogens is 352 g/mol. The number of nitrogens with zero attached hydrogens (tertiary/aromatic N) is 4. The summed E-state index contributed by atoms with van der Waals surface area (Å²) in [4.78, 5) is 16.9. The number of amides is 1. The zero-order valence-corrected chi connectivity index (χ0v) is 18.1. The van der Waals surface area contributed by atoms with E-state index in [0.29, 0.717) is 5.92 Å². The number of hydrogen-bond acceptors (Lipinski definition) is 4. The van der Waals surface area contributed by atoms with Crippen molar-refractivity contribution in [1.82, 2.24) is 19.6 Å². The van der Waals surface area contributed by atoms with E-state index in [1.54, 1.807) is 0 Å². The van der Waals surface area contributed by atoms with Crippen LogP contribution in [0, 0.1) is 5.92 Å². The molecule has 1 saturated heterocycles. The second-order valence-corrected chi connectivity index (χ2v) is 9.32. The van der Waals surface area contributed by atoms with Gasteiger partial charge in [0.05, 0.1) is 24.3 Å². The first-order valence-corrected chi connectivity index (χ1v) is 10.2. The summed E-state index contributed by atoms with van der Waals surface area (Å²) in [5.41, 5.74) is 1.82. The van der Waals surface area contributed by atoms with Gasteiger partial charge in [0.1, 0.15) is 5.60 Å². The van der Waals surface area contributed by atoms with Gasteiger partial charge < -0.3 is 14.5 Å². The number of ether oxygens (including phenoxy) is 1. The lowest BCUT2D eigenvalue weighted by atomic mass is 9.90. The van der Waals surface area contributed by atoms with Crippen molar-refractivity contribution < 1.29 is 9.53 Å². The Hall–Kier alpha value is -2.08. The third-order valence-electron chi connectivity index (χ3n) is 5.26. The Labute approximate surface area is 168 Å². The van der Waals surface area contributed by atoms with Gasteiger partial charge in [-0.15, -0.1) is 0 Å². The van der Waals surface area contributed by atoms with Crippen LogP contribution in [0.4, 0.5) is 4.79 Å². The van der Waals surface area contributed by atoms with Gasteiger partial charge in [0, 0.05) is 18.5 Å². The fourth-order valence-corrected chi connectivity index (χ4v) is 3.81. The van der Waals surface area contributed by atoms with Crippen molar-refractivity contribution in [3.63, 3.8) is 0 Å². The molecule has 1 aromatic carbocycles. The van der Waals surface area contributed by atoms with Gasteiger partial charge in [0.25, 0.3) is 0 Å². The minimum atomic E-state index is -0.486. The van der Waals surface area contributed by atoms with Gasteiger partial charge in [-0.25, -0.2) is 4.79 Å². The van der Waals surface area contributed by atoms with Gasteiger partial charge >= 0.3 is 6.09 Å². The van der Waals surface area contributed by atoms with Crippen LogP contribution in [0.3, 0.4) is 0 Å². The minimum Gasteiger partial charge on any atom is -0.444 e. The smallest absolute Gasteiger partial charge is 0.410 e. The molecule has 0 bridgehead atoms. The van der Waals surface area contributed by atoms with Gasteiger partial charge in [-0.05, 0) is 71.3 Å². The molecule has 0 aliphatic carbocycles. The highest BCUT2D eigenvalue weighted by Gasteiger charge is 2.34. The number of rotatable bonds is 4. The molecule has 3 rings (SSSR count). The van der Waals surface area contributed by atoms with Crippen LogP contribution in [-0.2, 0) is 11.3 Å². The summed E-state index contributed by atoms with van der Waals surface area (Å²) in [7, 11) is 4.14. The fourth-order valence-electron chi connectivity index (χ4n) is 3.81. The molecule has 28 heavy (non-hydrogen) atoms. The largest absolute Gasteiger partial charge is 0.444 e. The molecule has 1 fully saturated rings. The van der Waals surface area contributed by atoms with Crippen LogP contribution in [0.2, 0.25) is 0 Å². The van der Waals surface area contributed by atoms with Crippen molar-refractivity contribution in [2.24, 2.45) is 5.92 Å². The molecular formula is C22H34N4O2. The third kappa shape index (κ3) is 4.85. The first-order chi connectivity index (χ1) is 13.1. The van der Waals surface area contributed by atoms with Crippen molar-refractivity contribution in [3.05, 3.63) is 30.0 Å². The molecule has 0 N–H and O–H groups in total. The maximum atomic E-state index is 12.8. The van der Waals surface area contributed by atoms with E-state index in [1.807, 2.05) is 36.5 Å². The molecule has 1 unspecified atom stereocenters. The van der Waals surface area contributed by atoms with Crippen molar-refractivity contribution in [1.29, 1.82) is 0 Å². The topological polar surface area (TPSA) is 50.6 Å². The summed E-state index contributed by atoms with van der Waals surface area (Å²) in [5.74, 6) is 0.487. The second-order valence-electron chi connectivity index (χ2n) is 9.32. The monoisotopic (exact) mass is 386 g/mol. The predicted molar refractivity (Wildman–Crippen MR) is 112 cm³/mol. The maximum absolute atomic E-state index is 12.8. The Morgan fingerprint density at radius 2 is 2.04 bits per heavy atom. The summed E-state index contributed by atoms with van der Waals surface area (Å²) in [6.07, 6.45) is 3.79. The average molecular weight is 387 g/mol. The number of aromatic nitrogens is 2. The number of piperidine rings is 1. The Morgan fingerprint density at radius 3 is 2.71 bits per heavy atom. The fraction of sp³-hybridized carbons (Fsp3) is 0.636. The Balaban J connectivity index is 1.85. The molecule has 1 aliphatic heterocycles. The van der Waals surface area contributed by atoms with Gasteiger partial charge in [-0.1, -0.05) is 13.0 Å². The van der Waals surface area contributed by atoms with E-state index in [2.05, 4.69) is 49.2 Å². The van der Waals surface area contributed by atoms with Crippen LogP contribution in [0.15, 0.2) is 24.4 Å². The number of carbonyl (C=O) groups is 1. The first-order valence-electron chi connectivity index (χ1n) is 10.2. The van der Waals surface area contributed by atoms with Gasteiger partial charge in [-0.3, -0.25) is 4.68 Å². The average Bonchev–Trinajstić information content (AvgIpc) is 3.00. The summed E-state index contributed by atoms with van der Waals surface area (Å²) < 4.78 is 7.74. The number of benzene rings is 1.